The van der Waals surface area contributed by atoms with Crippen LogP contribution in [0, 0.1) is 0 Å². The van der Waals surface area contributed by atoms with Crippen molar-refractivity contribution in [1.29, 1.82) is 0 Å². The van der Waals surface area contributed by atoms with Gasteiger partial charge in [-0.1, -0.05) is 11.6 Å². The first-order valence-corrected chi connectivity index (χ1v) is 5.86. The monoisotopic (exact) mass is 293 g/mol. The molecule has 19 heavy (non-hydrogen) atoms. The second-order valence-corrected chi connectivity index (χ2v) is 5.39. The number of alkyl halides is 3. The van der Waals surface area contributed by atoms with Crippen LogP contribution < -0.4 is 11.1 Å². The number of hydrogen-bond donors (Lipinski definition) is 2. The van der Waals surface area contributed by atoms with E-state index in [0.29, 0.717) is 0 Å². The molecule has 0 aliphatic heterocycles. The minimum Gasteiger partial charge on any atom is -0.370 e. The highest BCUT2D eigenvalue weighted by atomic mass is 35.5. The molecule has 0 saturated heterocycles. The summed E-state index contributed by atoms with van der Waals surface area (Å²) in [5.74, 6) is 0.0918. The molecule has 3 N–H and O–H groups in total. The number of nitrogens with zero attached hydrogens (tertiary/aromatic N) is 1. The van der Waals surface area contributed by atoms with Gasteiger partial charge in [0.25, 0.3) is 0 Å². The smallest absolute Gasteiger partial charge is 0.370 e. The zero-order chi connectivity index (χ0) is 14.8. The van der Waals surface area contributed by atoms with Gasteiger partial charge in [-0.05, 0) is 39.0 Å². The highest BCUT2D eigenvalue weighted by Crippen LogP contribution is 2.33. The summed E-state index contributed by atoms with van der Waals surface area (Å²) in [7, 11) is 0. The lowest BCUT2D eigenvalue weighted by Gasteiger charge is -2.15. The van der Waals surface area contributed by atoms with E-state index in [9.17, 15) is 13.2 Å². The van der Waals surface area contributed by atoms with Crippen LogP contribution in [-0.2, 0) is 6.18 Å². The van der Waals surface area contributed by atoms with Crippen LogP contribution in [0.25, 0.3) is 0 Å². The van der Waals surface area contributed by atoms with Crippen LogP contribution in [0.15, 0.2) is 23.2 Å². The van der Waals surface area contributed by atoms with Crippen molar-refractivity contribution in [3.05, 3.63) is 28.8 Å². The first-order valence-electron chi connectivity index (χ1n) is 5.48. The van der Waals surface area contributed by atoms with E-state index in [-0.39, 0.29) is 16.7 Å². The van der Waals surface area contributed by atoms with Crippen LogP contribution in [0.5, 0.6) is 0 Å². The number of anilines is 1. The lowest BCUT2D eigenvalue weighted by Crippen LogP contribution is -2.27. The third-order valence-electron chi connectivity index (χ3n) is 2.02. The molecular weight excluding hydrogens is 279 g/mol. The molecule has 1 aromatic rings. The quantitative estimate of drug-likeness (QED) is 0.610. The molecular formula is C12H15ClF3N3. The van der Waals surface area contributed by atoms with Crippen molar-refractivity contribution in [2.24, 2.45) is 10.7 Å². The van der Waals surface area contributed by atoms with Crippen molar-refractivity contribution in [3.8, 4) is 0 Å². The lowest BCUT2D eigenvalue weighted by atomic mass is 10.1. The molecule has 0 heterocycles. The molecule has 0 aliphatic carbocycles. The van der Waals surface area contributed by atoms with Crippen molar-refractivity contribution < 1.29 is 13.2 Å². The molecule has 0 bridgehead atoms. The predicted molar refractivity (Wildman–Crippen MR) is 71.5 cm³/mol. The SMILES string of the molecule is CC(C)(C)N=C(N)Nc1ccc(C(F)(F)F)cc1Cl. The molecule has 0 aliphatic rings. The number of benzene rings is 1. The van der Waals surface area contributed by atoms with E-state index >= 15 is 0 Å². The van der Waals surface area contributed by atoms with Crippen molar-refractivity contribution in [3.63, 3.8) is 0 Å². The van der Waals surface area contributed by atoms with E-state index in [4.69, 9.17) is 17.3 Å². The number of halogens is 4. The zero-order valence-corrected chi connectivity index (χ0v) is 11.5. The molecule has 0 saturated carbocycles. The Bertz CT molecular complexity index is 490. The second kappa shape index (κ2) is 5.28. The highest BCUT2D eigenvalue weighted by Gasteiger charge is 2.30. The number of hydrogen-bond acceptors (Lipinski definition) is 1. The molecule has 0 spiro atoms. The molecule has 0 aromatic heterocycles. The van der Waals surface area contributed by atoms with E-state index in [0.717, 1.165) is 12.1 Å². The molecule has 3 nitrogen and oxygen atoms in total. The van der Waals surface area contributed by atoms with Gasteiger partial charge in [-0.3, -0.25) is 0 Å². The van der Waals surface area contributed by atoms with Crippen LogP contribution in [-0.4, -0.2) is 11.5 Å². The molecule has 0 amide bonds. The summed E-state index contributed by atoms with van der Waals surface area (Å²) in [4.78, 5) is 4.12. The largest absolute Gasteiger partial charge is 0.416 e. The maximum absolute atomic E-state index is 12.5. The number of rotatable bonds is 1. The third kappa shape index (κ3) is 4.98. The van der Waals surface area contributed by atoms with Crippen molar-refractivity contribution in [2.75, 3.05) is 5.32 Å². The Balaban J connectivity index is 2.96. The van der Waals surface area contributed by atoms with E-state index in [2.05, 4.69) is 10.3 Å². The Morgan fingerprint density at radius 1 is 1.26 bits per heavy atom. The third-order valence-corrected chi connectivity index (χ3v) is 2.33. The van der Waals surface area contributed by atoms with Gasteiger partial charge in [0, 0.05) is 0 Å². The van der Waals surface area contributed by atoms with Gasteiger partial charge in [-0.15, -0.1) is 0 Å². The van der Waals surface area contributed by atoms with Crippen molar-refractivity contribution in [2.45, 2.75) is 32.5 Å². The number of aliphatic imine (C=N–C) groups is 1. The maximum atomic E-state index is 12.5. The first-order chi connectivity index (χ1) is 8.49. The molecule has 7 heteroatoms. The second-order valence-electron chi connectivity index (χ2n) is 4.99. The fourth-order valence-electron chi connectivity index (χ4n) is 1.32. The topological polar surface area (TPSA) is 50.4 Å². The summed E-state index contributed by atoms with van der Waals surface area (Å²) in [5, 5.41) is 2.61. The fraction of sp³-hybridized carbons (Fsp3) is 0.417. The summed E-state index contributed by atoms with van der Waals surface area (Å²) in [5.41, 5.74) is 4.72. The van der Waals surface area contributed by atoms with E-state index in [1.165, 1.54) is 6.07 Å². The molecule has 106 valence electrons. The average molecular weight is 294 g/mol. The standard InChI is InChI=1S/C12H15ClF3N3/c1-11(2,3)19-10(17)18-9-5-4-7(6-8(9)13)12(14,15)16/h4-6H,1-3H3,(H3,17,18,19). The Kier molecular flexibility index (Phi) is 4.35. The maximum Gasteiger partial charge on any atom is 0.416 e. The van der Waals surface area contributed by atoms with Gasteiger partial charge in [0.2, 0.25) is 0 Å². The first kappa shape index (κ1) is 15.6. The summed E-state index contributed by atoms with van der Waals surface area (Å²) in [6.45, 7) is 5.53. The molecule has 0 unspecified atom stereocenters. The van der Waals surface area contributed by atoms with Crippen molar-refractivity contribution >= 4 is 23.2 Å². The Hall–Kier alpha value is -1.43. The average Bonchev–Trinajstić information content (AvgIpc) is 2.16. The van der Waals surface area contributed by atoms with Crippen LogP contribution >= 0.6 is 11.6 Å². The Labute approximate surface area is 114 Å². The summed E-state index contributed by atoms with van der Waals surface area (Å²) < 4.78 is 37.4. The van der Waals surface area contributed by atoms with E-state index < -0.39 is 17.3 Å². The molecule has 1 rings (SSSR count). The van der Waals surface area contributed by atoms with Gasteiger partial charge in [-0.25, -0.2) is 4.99 Å². The normalized spacial score (nSPS) is 13.5. The molecule has 0 radical (unpaired) electrons. The van der Waals surface area contributed by atoms with Crippen LogP contribution in [0.1, 0.15) is 26.3 Å². The minimum absolute atomic E-state index is 0.0677. The van der Waals surface area contributed by atoms with Crippen LogP contribution in [0.3, 0.4) is 0 Å². The van der Waals surface area contributed by atoms with Gasteiger partial charge >= 0.3 is 6.18 Å². The molecule has 0 fully saturated rings. The predicted octanol–water partition coefficient (Wildman–Crippen LogP) is 3.88. The number of nitrogens with one attached hydrogen (secondary N) is 1. The lowest BCUT2D eigenvalue weighted by molar-refractivity contribution is -0.137. The highest BCUT2D eigenvalue weighted by molar-refractivity contribution is 6.33. The molecule has 1 aromatic carbocycles. The van der Waals surface area contributed by atoms with Crippen molar-refractivity contribution in [1.82, 2.24) is 0 Å². The summed E-state index contributed by atoms with van der Waals surface area (Å²) in [6, 6.07) is 2.99. The minimum atomic E-state index is -4.42. The van der Waals surface area contributed by atoms with Gasteiger partial charge in [0.15, 0.2) is 5.96 Å². The zero-order valence-electron chi connectivity index (χ0n) is 10.8. The fourth-order valence-corrected chi connectivity index (χ4v) is 1.55. The number of nitrogens with two attached hydrogens (primary N) is 1. The Morgan fingerprint density at radius 3 is 2.26 bits per heavy atom. The summed E-state index contributed by atoms with van der Waals surface area (Å²) in [6.07, 6.45) is -4.42. The van der Waals surface area contributed by atoms with Crippen LogP contribution in [0.4, 0.5) is 18.9 Å². The number of guanidine groups is 1. The van der Waals surface area contributed by atoms with Gasteiger partial charge in [-0.2, -0.15) is 13.2 Å². The van der Waals surface area contributed by atoms with Gasteiger partial charge in [0.1, 0.15) is 0 Å². The van der Waals surface area contributed by atoms with Crippen LogP contribution in [0.2, 0.25) is 5.02 Å². The Morgan fingerprint density at radius 2 is 1.84 bits per heavy atom. The van der Waals surface area contributed by atoms with E-state index in [1.54, 1.807) is 0 Å². The van der Waals surface area contributed by atoms with Gasteiger partial charge < -0.3 is 11.1 Å². The molecule has 0 atom stereocenters. The van der Waals surface area contributed by atoms with E-state index in [1.807, 2.05) is 20.8 Å². The summed E-state index contributed by atoms with van der Waals surface area (Å²) >= 11 is 5.78. The van der Waals surface area contributed by atoms with Gasteiger partial charge in [0.05, 0.1) is 21.8 Å².